The summed E-state index contributed by atoms with van der Waals surface area (Å²) in [6.45, 7) is 0.329. The molecule has 2 heterocycles. The van der Waals surface area contributed by atoms with Crippen LogP contribution >= 0.6 is 11.6 Å². The van der Waals surface area contributed by atoms with E-state index >= 15 is 0 Å². The van der Waals surface area contributed by atoms with Crippen molar-refractivity contribution in [2.24, 2.45) is 10.1 Å². The van der Waals surface area contributed by atoms with Crippen molar-refractivity contribution >= 4 is 40.6 Å². The molecule has 2 aromatic carbocycles. The molecular formula is C21H19ClN4O3. The Morgan fingerprint density at radius 1 is 1.28 bits per heavy atom. The van der Waals surface area contributed by atoms with Crippen LogP contribution in [0.5, 0.6) is 0 Å². The summed E-state index contributed by atoms with van der Waals surface area (Å²) >= 11 is 6.27. The lowest BCUT2D eigenvalue weighted by Gasteiger charge is -2.34. The minimum absolute atomic E-state index is 0.0838. The van der Waals surface area contributed by atoms with Gasteiger partial charge in [0.15, 0.2) is 0 Å². The summed E-state index contributed by atoms with van der Waals surface area (Å²) in [5.74, 6) is -0.647. The van der Waals surface area contributed by atoms with Crippen molar-refractivity contribution in [1.29, 1.82) is 0 Å². The molecule has 29 heavy (non-hydrogen) atoms. The second kappa shape index (κ2) is 8.05. The number of hydrogen-bond donors (Lipinski definition) is 1. The topological polar surface area (TPSA) is 83.4 Å². The van der Waals surface area contributed by atoms with Crippen LogP contribution in [0.15, 0.2) is 58.6 Å². The number of aliphatic imine (C=N–C) groups is 1. The number of rotatable bonds is 4. The number of fused-ring (bicyclic) bond motifs is 3. The number of halogens is 1. The van der Waals surface area contributed by atoms with Crippen LogP contribution in [0.4, 0.5) is 5.69 Å². The first-order valence-corrected chi connectivity index (χ1v) is 9.58. The molecule has 1 amide bonds. The molecule has 0 aliphatic carbocycles. The largest absolute Gasteiger partial charge is 0.469 e. The van der Waals surface area contributed by atoms with Crippen LogP contribution in [0.2, 0.25) is 5.02 Å². The molecule has 0 bridgehead atoms. The summed E-state index contributed by atoms with van der Waals surface area (Å²) in [6.07, 6.45) is -0.150. The summed E-state index contributed by atoms with van der Waals surface area (Å²) < 4.78 is 4.66. The lowest BCUT2D eigenvalue weighted by molar-refractivity contribution is -0.140. The minimum atomic E-state index is -0.425. The lowest BCUT2D eigenvalue weighted by atomic mass is 9.99. The Bertz CT molecular complexity index is 1020. The normalized spacial score (nSPS) is 17.9. The molecule has 0 fully saturated rings. The van der Waals surface area contributed by atoms with Crippen molar-refractivity contribution in [3.8, 4) is 0 Å². The van der Waals surface area contributed by atoms with Gasteiger partial charge in [0, 0.05) is 22.6 Å². The molecule has 0 spiro atoms. The lowest BCUT2D eigenvalue weighted by Crippen LogP contribution is -2.55. The Balaban J connectivity index is 1.74. The number of carbonyl (C=O) groups is 2. The fourth-order valence-corrected chi connectivity index (χ4v) is 3.61. The molecule has 1 N–H and O–H groups in total. The molecule has 1 unspecified atom stereocenters. The number of carbonyl (C=O) groups excluding carboxylic acids is 2. The number of amides is 1. The molecule has 2 aliphatic rings. The summed E-state index contributed by atoms with van der Waals surface area (Å²) in [5.41, 5.74) is 6.46. The van der Waals surface area contributed by atoms with Crippen molar-refractivity contribution in [2.45, 2.75) is 19.0 Å². The number of ether oxygens (including phenoxy) is 1. The predicted octanol–water partition coefficient (Wildman–Crippen LogP) is 2.76. The van der Waals surface area contributed by atoms with Crippen LogP contribution in [0.3, 0.4) is 0 Å². The number of methoxy groups -OCH3 is 1. The van der Waals surface area contributed by atoms with Crippen LogP contribution in [0, 0.1) is 0 Å². The van der Waals surface area contributed by atoms with Gasteiger partial charge in [0.25, 0.3) is 5.91 Å². The number of anilines is 1. The van der Waals surface area contributed by atoms with Gasteiger partial charge in [-0.15, -0.1) is 0 Å². The van der Waals surface area contributed by atoms with Gasteiger partial charge in [-0.25, -0.2) is 0 Å². The predicted molar refractivity (Wildman–Crippen MR) is 111 cm³/mol. The van der Waals surface area contributed by atoms with Crippen LogP contribution < -0.4 is 10.3 Å². The highest BCUT2D eigenvalue weighted by molar-refractivity contribution is 6.45. The Labute approximate surface area is 173 Å². The second-order valence-electron chi connectivity index (χ2n) is 6.67. The van der Waals surface area contributed by atoms with Gasteiger partial charge in [-0.3, -0.25) is 24.9 Å². The Morgan fingerprint density at radius 2 is 2.07 bits per heavy atom. The zero-order valence-corrected chi connectivity index (χ0v) is 16.5. The maximum Gasteiger partial charge on any atom is 0.305 e. The quantitative estimate of drug-likeness (QED) is 0.785. The van der Waals surface area contributed by atoms with Crippen molar-refractivity contribution in [3.63, 3.8) is 0 Å². The summed E-state index contributed by atoms with van der Waals surface area (Å²) in [7, 11) is 1.32. The summed E-state index contributed by atoms with van der Waals surface area (Å²) in [5, 5.41) is 4.76. The number of esters is 1. The maximum absolute atomic E-state index is 13.2. The van der Waals surface area contributed by atoms with Crippen molar-refractivity contribution in [2.75, 3.05) is 18.6 Å². The fraction of sp³-hybridized carbons (Fsp3) is 0.238. The van der Waals surface area contributed by atoms with Gasteiger partial charge in [0.2, 0.25) is 0 Å². The number of benzene rings is 2. The molecule has 2 aliphatic heterocycles. The third-order valence-corrected chi connectivity index (χ3v) is 5.10. The van der Waals surface area contributed by atoms with Crippen molar-refractivity contribution in [1.82, 2.24) is 5.43 Å². The van der Waals surface area contributed by atoms with Gasteiger partial charge >= 0.3 is 5.97 Å². The van der Waals surface area contributed by atoms with Gasteiger partial charge in [0.05, 0.1) is 31.5 Å². The van der Waals surface area contributed by atoms with Crippen LogP contribution in [-0.2, 0) is 14.3 Å². The second-order valence-corrected chi connectivity index (χ2v) is 7.11. The van der Waals surface area contributed by atoms with E-state index in [0.717, 1.165) is 16.8 Å². The SMILES string of the molecule is COC(=O)CCC1=NNC2CN=C(c3ccccc3)c3cc(Cl)ccc3N2C1=O. The van der Waals surface area contributed by atoms with Gasteiger partial charge in [0.1, 0.15) is 11.9 Å². The number of nitrogens with zero attached hydrogens (tertiary/aromatic N) is 3. The number of hydrazone groups is 1. The van der Waals surface area contributed by atoms with Gasteiger partial charge < -0.3 is 4.74 Å². The van der Waals surface area contributed by atoms with Crippen LogP contribution in [0.25, 0.3) is 0 Å². The van der Waals surface area contributed by atoms with Crippen LogP contribution in [0.1, 0.15) is 24.0 Å². The smallest absolute Gasteiger partial charge is 0.305 e. The van der Waals surface area contributed by atoms with Gasteiger partial charge in [-0.05, 0) is 18.2 Å². The first kappa shape index (κ1) is 19.1. The van der Waals surface area contributed by atoms with Gasteiger partial charge in [-0.1, -0.05) is 41.9 Å². The average Bonchev–Trinajstić information content (AvgIpc) is 2.90. The molecule has 1 atom stereocenters. The monoisotopic (exact) mass is 410 g/mol. The molecule has 0 saturated carbocycles. The van der Waals surface area contributed by atoms with E-state index in [1.54, 1.807) is 11.0 Å². The zero-order chi connectivity index (χ0) is 20.4. The van der Waals surface area contributed by atoms with E-state index in [1.807, 2.05) is 42.5 Å². The Morgan fingerprint density at radius 3 is 2.83 bits per heavy atom. The van der Waals surface area contributed by atoms with E-state index in [1.165, 1.54) is 7.11 Å². The molecule has 0 radical (unpaired) electrons. The van der Waals surface area contributed by atoms with Crippen molar-refractivity contribution < 1.29 is 14.3 Å². The highest BCUT2D eigenvalue weighted by Gasteiger charge is 2.36. The first-order valence-electron chi connectivity index (χ1n) is 9.20. The fourth-order valence-electron chi connectivity index (χ4n) is 3.44. The molecule has 0 saturated heterocycles. The minimum Gasteiger partial charge on any atom is -0.469 e. The standard InChI is InChI=1S/C21H19ClN4O3/c1-29-19(27)10-8-16-21(28)26-17-9-7-14(22)11-15(17)20(13-5-3-2-4-6-13)23-12-18(26)25-24-16/h2-7,9,11,18,25H,8,10,12H2,1H3. The molecular weight excluding hydrogens is 392 g/mol. The molecule has 7 nitrogen and oxygen atoms in total. The summed E-state index contributed by atoms with van der Waals surface area (Å²) in [4.78, 5) is 31.1. The molecule has 4 rings (SSSR count). The number of hydrogen-bond acceptors (Lipinski definition) is 6. The maximum atomic E-state index is 13.2. The third-order valence-electron chi connectivity index (χ3n) is 4.86. The van der Waals surface area contributed by atoms with E-state index in [4.69, 9.17) is 16.6 Å². The third kappa shape index (κ3) is 3.73. The average molecular weight is 411 g/mol. The van der Waals surface area contributed by atoms with Crippen molar-refractivity contribution in [3.05, 3.63) is 64.7 Å². The first-order chi connectivity index (χ1) is 14.1. The van der Waals surface area contributed by atoms with Gasteiger partial charge in [-0.2, -0.15) is 5.10 Å². The highest BCUT2D eigenvalue weighted by atomic mass is 35.5. The van der Waals surface area contributed by atoms with E-state index in [-0.39, 0.29) is 30.4 Å². The molecule has 0 aromatic heterocycles. The Kier molecular flexibility index (Phi) is 5.31. The molecule has 8 heteroatoms. The molecule has 148 valence electrons. The molecule has 2 aromatic rings. The van der Waals surface area contributed by atoms with E-state index in [0.29, 0.717) is 17.3 Å². The van der Waals surface area contributed by atoms with E-state index in [9.17, 15) is 9.59 Å². The summed E-state index contributed by atoms with van der Waals surface area (Å²) in [6, 6.07) is 15.2. The Hall–Kier alpha value is -3.19. The zero-order valence-electron chi connectivity index (χ0n) is 15.8. The van der Waals surface area contributed by atoms with E-state index < -0.39 is 6.17 Å². The highest BCUT2D eigenvalue weighted by Crippen LogP contribution is 2.32. The van der Waals surface area contributed by atoms with E-state index in [2.05, 4.69) is 15.3 Å². The van der Waals surface area contributed by atoms with Crippen LogP contribution in [-0.4, -0.2) is 43.1 Å². The number of nitrogens with one attached hydrogen (secondary N) is 1.